The van der Waals surface area contributed by atoms with Gasteiger partial charge in [-0.3, -0.25) is 9.69 Å². The van der Waals surface area contributed by atoms with Crippen LogP contribution in [0.2, 0.25) is 0 Å². The maximum atomic E-state index is 11.8. The van der Waals surface area contributed by atoms with Gasteiger partial charge in [0.2, 0.25) is 5.91 Å². The smallest absolute Gasteiger partial charge is 0.229 e. The molecule has 5 nitrogen and oxygen atoms in total. The Morgan fingerprint density at radius 2 is 2.41 bits per heavy atom. The molecule has 2 heterocycles. The Hall–Kier alpha value is -1.74. The van der Waals surface area contributed by atoms with E-state index in [1.165, 1.54) is 11.8 Å². The van der Waals surface area contributed by atoms with Crippen LogP contribution >= 0.6 is 11.8 Å². The van der Waals surface area contributed by atoms with E-state index in [9.17, 15) is 4.79 Å². The highest BCUT2D eigenvalue weighted by atomic mass is 32.2. The van der Waals surface area contributed by atoms with Crippen molar-refractivity contribution >= 4 is 29.3 Å². The van der Waals surface area contributed by atoms with Crippen molar-refractivity contribution in [3.63, 3.8) is 0 Å². The lowest BCUT2D eigenvalue weighted by Crippen LogP contribution is -2.25. The molecule has 0 spiro atoms. The van der Waals surface area contributed by atoms with Gasteiger partial charge in [-0.2, -0.15) is 0 Å². The Bertz CT molecular complexity index is 497. The average molecular weight is 248 g/mol. The summed E-state index contributed by atoms with van der Waals surface area (Å²) >= 11 is 1.38. The van der Waals surface area contributed by atoms with Crippen molar-refractivity contribution < 1.29 is 4.79 Å². The topological polar surface area (TPSA) is 72.1 Å². The zero-order valence-electron chi connectivity index (χ0n) is 9.38. The lowest BCUT2D eigenvalue weighted by molar-refractivity contribution is -0.117. The zero-order chi connectivity index (χ0) is 12.4. The van der Waals surface area contributed by atoms with Gasteiger partial charge in [-0.25, -0.2) is 9.97 Å². The van der Waals surface area contributed by atoms with E-state index < -0.39 is 0 Å². The summed E-state index contributed by atoms with van der Waals surface area (Å²) in [5.41, 5.74) is 5.67. The highest BCUT2D eigenvalue weighted by molar-refractivity contribution is 7.98. The summed E-state index contributed by atoms with van der Waals surface area (Å²) in [4.78, 5) is 21.6. The second-order valence-corrected chi connectivity index (χ2v) is 4.48. The fourth-order valence-electron chi connectivity index (χ4n) is 1.70. The predicted octanol–water partition coefficient (Wildman–Crippen LogP) is 0.767. The summed E-state index contributed by atoms with van der Waals surface area (Å²) < 4.78 is 0. The molecule has 17 heavy (non-hydrogen) atoms. The molecular weight excluding hydrogens is 236 g/mol. The quantitative estimate of drug-likeness (QED) is 0.475. The first kappa shape index (κ1) is 11.7. The number of carbonyl (C=O) groups excluding carboxylic acids is 1. The molecule has 1 atom stereocenters. The first-order chi connectivity index (χ1) is 8.13. The van der Waals surface area contributed by atoms with Gasteiger partial charge >= 0.3 is 0 Å². The van der Waals surface area contributed by atoms with E-state index in [-0.39, 0.29) is 11.8 Å². The summed E-state index contributed by atoms with van der Waals surface area (Å²) in [7, 11) is 0. The molecule has 1 fully saturated rings. The molecule has 1 aromatic heterocycles. The van der Waals surface area contributed by atoms with Crippen molar-refractivity contribution in [2.45, 2.75) is 11.6 Å². The lowest BCUT2D eigenvalue weighted by atomic mass is 10.1. The monoisotopic (exact) mass is 248 g/mol. The van der Waals surface area contributed by atoms with E-state index in [2.05, 4.69) is 15.9 Å². The number of hydrogen-bond acceptors (Lipinski definition) is 5. The number of thioether (sulfide) groups is 1. The van der Waals surface area contributed by atoms with E-state index in [4.69, 9.17) is 12.2 Å². The standard InChI is InChI=1S/C11H12N4OS/c1-3-7-4-10(16)15(6-7)9-5-8(12)13-11(14-9)17-2/h1,5,7H,4,6H2,2H3,(H2,12,13,14). The number of aromatic nitrogens is 2. The van der Waals surface area contributed by atoms with Crippen LogP contribution in [0.5, 0.6) is 0 Å². The van der Waals surface area contributed by atoms with Crippen molar-refractivity contribution in [1.82, 2.24) is 9.97 Å². The summed E-state index contributed by atoms with van der Waals surface area (Å²) in [6, 6.07) is 1.59. The van der Waals surface area contributed by atoms with Crippen LogP contribution in [0.3, 0.4) is 0 Å². The number of carbonyl (C=O) groups is 1. The van der Waals surface area contributed by atoms with Crippen LogP contribution in [0, 0.1) is 18.3 Å². The Labute approximate surface area is 104 Å². The predicted molar refractivity (Wildman–Crippen MR) is 67.5 cm³/mol. The molecule has 1 aromatic rings. The molecule has 1 amide bonds. The molecule has 1 saturated heterocycles. The third-order valence-electron chi connectivity index (χ3n) is 2.53. The number of rotatable bonds is 2. The van der Waals surface area contributed by atoms with E-state index in [0.717, 1.165) is 0 Å². The zero-order valence-corrected chi connectivity index (χ0v) is 10.2. The van der Waals surface area contributed by atoms with Gasteiger partial charge in [0, 0.05) is 24.9 Å². The summed E-state index contributed by atoms with van der Waals surface area (Å²) in [5.74, 6) is 3.42. The first-order valence-electron chi connectivity index (χ1n) is 5.09. The number of nitrogens with two attached hydrogens (primary N) is 1. The number of anilines is 2. The van der Waals surface area contributed by atoms with Crippen LogP contribution in [0.25, 0.3) is 0 Å². The molecule has 88 valence electrons. The minimum absolute atomic E-state index is 0.0156. The van der Waals surface area contributed by atoms with Crippen molar-refractivity contribution in [3.8, 4) is 12.3 Å². The Balaban J connectivity index is 2.32. The van der Waals surface area contributed by atoms with Crippen LogP contribution in [0.15, 0.2) is 11.2 Å². The number of amides is 1. The minimum Gasteiger partial charge on any atom is -0.383 e. The molecule has 2 N–H and O–H groups in total. The molecule has 0 saturated carbocycles. The number of nitrogens with zero attached hydrogens (tertiary/aromatic N) is 3. The summed E-state index contributed by atoms with van der Waals surface area (Å²) in [6.07, 6.45) is 7.56. The third-order valence-corrected chi connectivity index (χ3v) is 3.08. The molecule has 1 aliphatic heterocycles. The molecule has 6 heteroatoms. The summed E-state index contributed by atoms with van der Waals surface area (Å²) in [6.45, 7) is 0.500. The van der Waals surface area contributed by atoms with Gasteiger partial charge in [-0.15, -0.1) is 12.3 Å². The maximum absolute atomic E-state index is 11.8. The average Bonchev–Trinajstić information content (AvgIpc) is 2.69. The van der Waals surface area contributed by atoms with Gasteiger partial charge in [-0.05, 0) is 6.26 Å². The minimum atomic E-state index is -0.0450. The number of terminal acetylenes is 1. The lowest BCUT2D eigenvalue weighted by Gasteiger charge is -2.15. The van der Waals surface area contributed by atoms with Gasteiger partial charge in [0.05, 0.1) is 0 Å². The van der Waals surface area contributed by atoms with Gasteiger partial charge in [0.25, 0.3) is 0 Å². The van der Waals surface area contributed by atoms with Crippen LogP contribution < -0.4 is 10.6 Å². The highest BCUT2D eigenvalue weighted by Gasteiger charge is 2.30. The SMILES string of the molecule is C#CC1CC(=O)N(c2cc(N)nc(SC)n2)C1. The first-order valence-corrected chi connectivity index (χ1v) is 6.31. The molecule has 1 aliphatic rings. The molecule has 2 rings (SSSR count). The van der Waals surface area contributed by atoms with Gasteiger partial charge in [-0.1, -0.05) is 11.8 Å². The third kappa shape index (κ3) is 2.34. The van der Waals surface area contributed by atoms with Crippen molar-refractivity contribution in [2.24, 2.45) is 5.92 Å². The van der Waals surface area contributed by atoms with E-state index >= 15 is 0 Å². The van der Waals surface area contributed by atoms with Gasteiger partial charge in [0.15, 0.2) is 5.16 Å². The number of nitrogen functional groups attached to an aromatic ring is 1. The molecule has 0 aromatic carbocycles. The van der Waals surface area contributed by atoms with Gasteiger partial charge in [0.1, 0.15) is 11.6 Å². The summed E-state index contributed by atoms with van der Waals surface area (Å²) in [5, 5.41) is 0.553. The Morgan fingerprint density at radius 3 is 3.00 bits per heavy atom. The number of hydrogen-bond donors (Lipinski definition) is 1. The molecule has 0 bridgehead atoms. The van der Waals surface area contributed by atoms with Crippen LogP contribution in [-0.4, -0.2) is 28.7 Å². The second kappa shape index (κ2) is 4.63. The van der Waals surface area contributed by atoms with Crippen molar-refractivity contribution in [2.75, 3.05) is 23.4 Å². The Kier molecular flexibility index (Phi) is 3.20. The molecular formula is C11H12N4OS. The highest BCUT2D eigenvalue weighted by Crippen LogP contribution is 2.25. The van der Waals surface area contributed by atoms with Crippen molar-refractivity contribution in [1.29, 1.82) is 0 Å². The fourth-order valence-corrected chi connectivity index (χ4v) is 2.08. The maximum Gasteiger partial charge on any atom is 0.229 e. The van der Waals surface area contributed by atoms with Crippen LogP contribution in [-0.2, 0) is 4.79 Å². The van der Waals surface area contributed by atoms with Crippen molar-refractivity contribution in [3.05, 3.63) is 6.07 Å². The molecule has 1 unspecified atom stereocenters. The molecule has 0 aliphatic carbocycles. The van der Waals surface area contributed by atoms with E-state index in [1.54, 1.807) is 11.0 Å². The van der Waals surface area contributed by atoms with Crippen LogP contribution in [0.1, 0.15) is 6.42 Å². The molecule has 0 radical (unpaired) electrons. The second-order valence-electron chi connectivity index (χ2n) is 3.71. The largest absolute Gasteiger partial charge is 0.383 e. The van der Waals surface area contributed by atoms with E-state index in [0.29, 0.717) is 29.8 Å². The fraction of sp³-hybridized carbons (Fsp3) is 0.364. The van der Waals surface area contributed by atoms with E-state index in [1.807, 2.05) is 6.26 Å². The van der Waals surface area contributed by atoms with Gasteiger partial charge < -0.3 is 5.73 Å². The van der Waals surface area contributed by atoms with Crippen LogP contribution in [0.4, 0.5) is 11.6 Å². The normalized spacial score (nSPS) is 19.4. The Morgan fingerprint density at radius 1 is 1.65 bits per heavy atom.